The van der Waals surface area contributed by atoms with Gasteiger partial charge in [-0.15, -0.1) is 0 Å². The molecule has 0 aliphatic rings. The second-order valence-corrected chi connectivity index (χ2v) is 4.42. The molecule has 0 aliphatic heterocycles. The second kappa shape index (κ2) is 6.72. The number of imidazole rings is 2. The largest absolute Gasteiger partial charge is 0.354 e. The molecule has 1 N–H and O–H groups in total. The van der Waals surface area contributed by atoms with Crippen molar-refractivity contribution in [1.29, 1.82) is 0 Å². The molecular weight excluding hydrogens is 242 g/mol. The number of nitrogens with zero attached hydrogens (tertiary/aromatic N) is 4. The smallest absolute Gasteiger partial charge is 0.220 e. The molecule has 0 aromatic carbocycles. The molecule has 2 rings (SSSR count). The minimum absolute atomic E-state index is 0.0953. The Morgan fingerprint density at radius 1 is 1.32 bits per heavy atom. The van der Waals surface area contributed by atoms with Crippen molar-refractivity contribution in [2.45, 2.75) is 32.9 Å². The third-order valence-electron chi connectivity index (χ3n) is 2.98. The van der Waals surface area contributed by atoms with Crippen LogP contribution in [0.2, 0.25) is 0 Å². The average molecular weight is 261 g/mol. The molecule has 2 heterocycles. The molecule has 0 fully saturated rings. The lowest BCUT2D eigenvalue weighted by Crippen LogP contribution is -2.27. The summed E-state index contributed by atoms with van der Waals surface area (Å²) in [6.45, 7) is 4.18. The summed E-state index contributed by atoms with van der Waals surface area (Å²) in [6, 6.07) is 0. The van der Waals surface area contributed by atoms with E-state index < -0.39 is 0 Å². The highest BCUT2D eigenvalue weighted by molar-refractivity contribution is 5.75. The van der Waals surface area contributed by atoms with Crippen molar-refractivity contribution in [1.82, 2.24) is 24.4 Å². The highest BCUT2D eigenvalue weighted by Gasteiger charge is 2.02. The van der Waals surface area contributed by atoms with Crippen LogP contribution in [0.1, 0.15) is 18.7 Å². The predicted octanol–water partition coefficient (Wildman–Crippen LogP) is 0.985. The van der Waals surface area contributed by atoms with Crippen molar-refractivity contribution in [3.05, 3.63) is 36.9 Å². The molecule has 0 atom stereocenters. The molecule has 2 aromatic rings. The Morgan fingerprint density at radius 3 is 2.89 bits per heavy atom. The van der Waals surface area contributed by atoms with Crippen LogP contribution in [0.25, 0.3) is 0 Å². The second-order valence-electron chi connectivity index (χ2n) is 4.42. The van der Waals surface area contributed by atoms with Gasteiger partial charge in [0.25, 0.3) is 0 Å². The summed E-state index contributed by atoms with van der Waals surface area (Å²) in [6.07, 6.45) is 10.5. The molecule has 6 nitrogen and oxygen atoms in total. The van der Waals surface area contributed by atoms with Crippen molar-refractivity contribution in [3.63, 3.8) is 0 Å². The van der Waals surface area contributed by atoms with Gasteiger partial charge >= 0.3 is 0 Å². The molecule has 0 radical (unpaired) electrons. The van der Waals surface area contributed by atoms with Gasteiger partial charge in [0.1, 0.15) is 5.82 Å². The van der Waals surface area contributed by atoms with Crippen LogP contribution < -0.4 is 5.32 Å². The SMILES string of the molecule is Cc1nccn1CCNC(=O)CCCn1ccnc1. The summed E-state index contributed by atoms with van der Waals surface area (Å²) in [4.78, 5) is 19.7. The van der Waals surface area contributed by atoms with E-state index in [9.17, 15) is 4.79 Å². The Morgan fingerprint density at radius 2 is 2.21 bits per heavy atom. The minimum atomic E-state index is 0.0953. The van der Waals surface area contributed by atoms with Crippen LogP contribution in [0.5, 0.6) is 0 Å². The number of carbonyl (C=O) groups is 1. The fourth-order valence-corrected chi connectivity index (χ4v) is 1.89. The summed E-state index contributed by atoms with van der Waals surface area (Å²) >= 11 is 0. The molecule has 19 heavy (non-hydrogen) atoms. The van der Waals surface area contributed by atoms with E-state index in [1.54, 1.807) is 18.7 Å². The maximum atomic E-state index is 11.6. The van der Waals surface area contributed by atoms with E-state index in [2.05, 4.69) is 15.3 Å². The Hall–Kier alpha value is -2.11. The molecule has 0 spiro atoms. The van der Waals surface area contributed by atoms with Crippen LogP contribution in [0.3, 0.4) is 0 Å². The first-order chi connectivity index (χ1) is 9.25. The first-order valence-corrected chi connectivity index (χ1v) is 6.46. The summed E-state index contributed by atoms with van der Waals surface area (Å²) in [5, 5.41) is 2.92. The van der Waals surface area contributed by atoms with Crippen LogP contribution in [-0.4, -0.2) is 31.6 Å². The number of nitrogens with one attached hydrogen (secondary N) is 1. The lowest BCUT2D eigenvalue weighted by Gasteiger charge is -2.07. The zero-order valence-corrected chi connectivity index (χ0v) is 11.1. The van der Waals surface area contributed by atoms with Crippen molar-refractivity contribution in [2.75, 3.05) is 6.54 Å². The van der Waals surface area contributed by atoms with Crippen LogP contribution in [-0.2, 0) is 17.9 Å². The Kier molecular flexibility index (Phi) is 4.72. The first kappa shape index (κ1) is 13.3. The zero-order valence-electron chi connectivity index (χ0n) is 11.1. The van der Waals surface area contributed by atoms with Gasteiger partial charge in [-0.05, 0) is 13.3 Å². The molecule has 2 aromatic heterocycles. The van der Waals surface area contributed by atoms with Gasteiger partial charge in [0.2, 0.25) is 5.91 Å². The summed E-state index contributed by atoms with van der Waals surface area (Å²) in [5.41, 5.74) is 0. The van der Waals surface area contributed by atoms with Gasteiger partial charge in [-0.25, -0.2) is 9.97 Å². The number of hydrogen-bond acceptors (Lipinski definition) is 3. The van der Waals surface area contributed by atoms with Crippen LogP contribution in [0, 0.1) is 6.92 Å². The Bertz CT molecular complexity index is 503. The van der Waals surface area contributed by atoms with Crippen molar-refractivity contribution >= 4 is 5.91 Å². The molecule has 0 aliphatic carbocycles. The summed E-state index contributed by atoms with van der Waals surface area (Å²) < 4.78 is 3.99. The van der Waals surface area contributed by atoms with Gasteiger partial charge in [0, 0.05) is 50.8 Å². The number of hydrogen-bond donors (Lipinski definition) is 1. The van der Waals surface area contributed by atoms with Crippen LogP contribution in [0.4, 0.5) is 0 Å². The zero-order chi connectivity index (χ0) is 13.5. The average Bonchev–Trinajstić information content (AvgIpc) is 3.02. The lowest BCUT2D eigenvalue weighted by atomic mass is 10.3. The molecule has 0 bridgehead atoms. The van der Waals surface area contributed by atoms with E-state index >= 15 is 0 Å². The molecule has 1 amide bonds. The Labute approximate surface area is 112 Å². The van der Waals surface area contributed by atoms with E-state index in [4.69, 9.17) is 0 Å². The third kappa shape index (κ3) is 4.24. The van der Waals surface area contributed by atoms with Gasteiger partial charge in [0.05, 0.1) is 6.33 Å². The first-order valence-electron chi connectivity index (χ1n) is 6.46. The monoisotopic (exact) mass is 261 g/mol. The van der Waals surface area contributed by atoms with Crippen molar-refractivity contribution in [3.8, 4) is 0 Å². The number of carbonyl (C=O) groups excluding carboxylic acids is 1. The van der Waals surface area contributed by atoms with E-state index in [1.165, 1.54) is 0 Å². The molecule has 0 saturated carbocycles. The van der Waals surface area contributed by atoms with Gasteiger partial charge in [-0.1, -0.05) is 0 Å². The predicted molar refractivity (Wildman–Crippen MR) is 71.4 cm³/mol. The molecular formula is C13H19N5O. The van der Waals surface area contributed by atoms with E-state index in [0.717, 1.165) is 25.3 Å². The van der Waals surface area contributed by atoms with Gasteiger partial charge in [-0.2, -0.15) is 0 Å². The van der Waals surface area contributed by atoms with Gasteiger partial charge in [-0.3, -0.25) is 4.79 Å². The maximum absolute atomic E-state index is 11.6. The van der Waals surface area contributed by atoms with E-state index in [1.807, 2.05) is 28.5 Å². The fraction of sp³-hybridized carbons (Fsp3) is 0.462. The standard InChI is InChI=1S/C13H19N5O/c1-12-15-5-9-18(12)10-6-16-13(19)3-2-7-17-8-4-14-11-17/h4-5,8-9,11H,2-3,6-7,10H2,1H3,(H,16,19). The van der Waals surface area contributed by atoms with Crippen LogP contribution >= 0.6 is 0 Å². The number of aromatic nitrogens is 4. The number of aryl methyl sites for hydroxylation is 2. The van der Waals surface area contributed by atoms with E-state index in [-0.39, 0.29) is 5.91 Å². The topological polar surface area (TPSA) is 64.7 Å². The minimum Gasteiger partial charge on any atom is -0.354 e. The summed E-state index contributed by atoms with van der Waals surface area (Å²) in [7, 11) is 0. The quantitative estimate of drug-likeness (QED) is 0.808. The third-order valence-corrected chi connectivity index (χ3v) is 2.98. The molecule has 0 unspecified atom stereocenters. The normalized spacial score (nSPS) is 10.6. The van der Waals surface area contributed by atoms with Gasteiger partial charge in [0.15, 0.2) is 0 Å². The summed E-state index contributed by atoms with van der Waals surface area (Å²) in [5.74, 6) is 1.06. The van der Waals surface area contributed by atoms with Gasteiger partial charge < -0.3 is 14.5 Å². The number of amides is 1. The van der Waals surface area contributed by atoms with Crippen molar-refractivity contribution < 1.29 is 4.79 Å². The van der Waals surface area contributed by atoms with Crippen LogP contribution in [0.15, 0.2) is 31.1 Å². The van der Waals surface area contributed by atoms with E-state index in [0.29, 0.717) is 13.0 Å². The maximum Gasteiger partial charge on any atom is 0.220 e. The lowest BCUT2D eigenvalue weighted by molar-refractivity contribution is -0.121. The molecule has 6 heteroatoms. The fourth-order valence-electron chi connectivity index (χ4n) is 1.89. The Balaban J connectivity index is 1.58. The number of rotatable bonds is 7. The van der Waals surface area contributed by atoms with Crippen molar-refractivity contribution in [2.24, 2.45) is 0 Å². The highest BCUT2D eigenvalue weighted by Crippen LogP contribution is 1.96. The molecule has 102 valence electrons. The highest BCUT2D eigenvalue weighted by atomic mass is 16.1. The molecule has 0 saturated heterocycles.